The molecule has 6 nitrogen and oxygen atoms in total. The average Bonchev–Trinajstić information content (AvgIpc) is 3.04. The lowest BCUT2D eigenvalue weighted by Gasteiger charge is -2.17. The number of methoxy groups -OCH3 is 2. The lowest BCUT2D eigenvalue weighted by Crippen LogP contribution is -2.24. The van der Waals surface area contributed by atoms with E-state index in [1.807, 2.05) is 18.2 Å². The van der Waals surface area contributed by atoms with Gasteiger partial charge in [-0.25, -0.2) is 0 Å². The third-order valence-corrected chi connectivity index (χ3v) is 4.43. The van der Waals surface area contributed by atoms with E-state index in [1.165, 1.54) is 14.2 Å². The molecule has 1 N–H and O–H groups in total. The van der Waals surface area contributed by atoms with Crippen LogP contribution >= 0.6 is 0 Å². The second-order valence-electron chi connectivity index (χ2n) is 7.21. The second-order valence-corrected chi connectivity index (χ2v) is 7.21. The molecule has 0 aliphatic carbocycles. The SMILES string of the molecule is COc1cc(OC)cc(C(=O)NCC#CCOc2cccc3c2OC(C)(C)C3)c1. The van der Waals surface area contributed by atoms with Crippen molar-refractivity contribution >= 4 is 5.91 Å². The Balaban J connectivity index is 1.51. The van der Waals surface area contributed by atoms with E-state index < -0.39 is 0 Å². The summed E-state index contributed by atoms with van der Waals surface area (Å²) in [4.78, 5) is 12.3. The van der Waals surface area contributed by atoms with E-state index in [2.05, 4.69) is 31.0 Å². The fourth-order valence-corrected chi connectivity index (χ4v) is 3.09. The van der Waals surface area contributed by atoms with Crippen molar-refractivity contribution < 1.29 is 23.7 Å². The van der Waals surface area contributed by atoms with Crippen LogP contribution in [0.4, 0.5) is 0 Å². The highest BCUT2D eigenvalue weighted by Crippen LogP contribution is 2.41. The van der Waals surface area contributed by atoms with Crippen molar-refractivity contribution in [2.24, 2.45) is 0 Å². The molecule has 0 unspecified atom stereocenters. The van der Waals surface area contributed by atoms with Crippen LogP contribution in [0.25, 0.3) is 0 Å². The van der Waals surface area contributed by atoms with Gasteiger partial charge in [-0.1, -0.05) is 24.0 Å². The van der Waals surface area contributed by atoms with Gasteiger partial charge in [0.1, 0.15) is 23.7 Å². The van der Waals surface area contributed by atoms with E-state index in [9.17, 15) is 4.79 Å². The Morgan fingerprint density at radius 2 is 1.86 bits per heavy atom. The van der Waals surface area contributed by atoms with Crippen molar-refractivity contribution in [3.8, 4) is 34.8 Å². The summed E-state index contributed by atoms with van der Waals surface area (Å²) in [6.45, 7) is 4.52. The third kappa shape index (κ3) is 5.14. The first kappa shape index (κ1) is 20.4. The molecule has 152 valence electrons. The second kappa shape index (κ2) is 8.78. The molecule has 2 aromatic rings. The van der Waals surface area contributed by atoms with Gasteiger partial charge in [-0.2, -0.15) is 0 Å². The summed E-state index contributed by atoms with van der Waals surface area (Å²) in [7, 11) is 3.08. The van der Waals surface area contributed by atoms with Crippen LogP contribution in [0.1, 0.15) is 29.8 Å². The Hall–Kier alpha value is -3.33. The largest absolute Gasteiger partial charge is 0.497 e. The maximum Gasteiger partial charge on any atom is 0.252 e. The molecule has 1 aliphatic heterocycles. The summed E-state index contributed by atoms with van der Waals surface area (Å²) in [5, 5.41) is 2.75. The number of amides is 1. The number of hydrogen-bond donors (Lipinski definition) is 1. The minimum absolute atomic E-state index is 0.206. The first-order valence-corrected chi connectivity index (χ1v) is 9.32. The van der Waals surface area contributed by atoms with Crippen LogP contribution < -0.4 is 24.3 Å². The number of ether oxygens (including phenoxy) is 4. The maximum atomic E-state index is 12.3. The molecule has 3 rings (SSSR count). The molecule has 1 amide bonds. The van der Waals surface area contributed by atoms with E-state index in [0.717, 1.165) is 17.7 Å². The molecule has 0 saturated carbocycles. The number of carbonyl (C=O) groups is 1. The van der Waals surface area contributed by atoms with Gasteiger partial charge in [-0.05, 0) is 32.0 Å². The van der Waals surface area contributed by atoms with Crippen molar-refractivity contribution in [3.05, 3.63) is 47.5 Å². The molecular formula is C23H25NO5. The number of fused-ring (bicyclic) bond motifs is 1. The van der Waals surface area contributed by atoms with Crippen molar-refractivity contribution in [1.29, 1.82) is 0 Å². The van der Waals surface area contributed by atoms with Crippen LogP contribution in [0.15, 0.2) is 36.4 Å². The van der Waals surface area contributed by atoms with Crippen molar-refractivity contribution in [3.63, 3.8) is 0 Å². The Bertz CT molecular complexity index is 933. The quantitative estimate of drug-likeness (QED) is 0.761. The first-order valence-electron chi connectivity index (χ1n) is 9.32. The minimum Gasteiger partial charge on any atom is -0.497 e. The zero-order chi connectivity index (χ0) is 20.9. The van der Waals surface area contributed by atoms with Gasteiger partial charge >= 0.3 is 0 Å². The maximum absolute atomic E-state index is 12.3. The third-order valence-electron chi connectivity index (χ3n) is 4.43. The molecular weight excluding hydrogens is 370 g/mol. The van der Waals surface area contributed by atoms with Crippen LogP contribution in [0, 0.1) is 11.8 Å². The normalized spacial score (nSPS) is 13.4. The standard InChI is InChI=1S/C23H25NO5/c1-23(2)15-16-8-7-9-20(21(16)29-23)28-11-6-5-10-24-22(25)17-12-18(26-3)14-19(13-17)27-4/h7-9,12-14H,10-11,15H2,1-4H3,(H,24,25). The predicted molar refractivity (Wildman–Crippen MR) is 110 cm³/mol. The summed E-state index contributed by atoms with van der Waals surface area (Å²) >= 11 is 0. The van der Waals surface area contributed by atoms with Crippen LogP contribution in [-0.4, -0.2) is 38.9 Å². The monoisotopic (exact) mass is 395 g/mol. The molecule has 6 heteroatoms. The number of benzene rings is 2. The van der Waals surface area contributed by atoms with Gasteiger partial charge in [-0.3, -0.25) is 4.79 Å². The average molecular weight is 395 g/mol. The minimum atomic E-state index is -0.256. The fraction of sp³-hybridized carbons (Fsp3) is 0.348. The van der Waals surface area contributed by atoms with Gasteiger partial charge in [-0.15, -0.1) is 0 Å². The lowest BCUT2D eigenvalue weighted by molar-refractivity contribution is 0.0958. The van der Waals surface area contributed by atoms with E-state index in [0.29, 0.717) is 22.8 Å². The molecule has 0 bridgehead atoms. The zero-order valence-electron chi connectivity index (χ0n) is 17.1. The smallest absolute Gasteiger partial charge is 0.252 e. The van der Waals surface area contributed by atoms with E-state index >= 15 is 0 Å². The van der Waals surface area contributed by atoms with Gasteiger partial charge in [0, 0.05) is 23.6 Å². The molecule has 29 heavy (non-hydrogen) atoms. The zero-order valence-corrected chi connectivity index (χ0v) is 17.1. The van der Waals surface area contributed by atoms with Crippen molar-refractivity contribution in [1.82, 2.24) is 5.32 Å². The lowest BCUT2D eigenvalue weighted by atomic mass is 10.0. The molecule has 0 aromatic heterocycles. The molecule has 1 heterocycles. The van der Waals surface area contributed by atoms with Gasteiger partial charge in [0.2, 0.25) is 0 Å². The fourth-order valence-electron chi connectivity index (χ4n) is 3.09. The predicted octanol–water partition coefficient (Wildman–Crippen LogP) is 3.23. The first-order chi connectivity index (χ1) is 13.9. The molecule has 0 fully saturated rings. The highest BCUT2D eigenvalue weighted by atomic mass is 16.5. The summed E-state index contributed by atoms with van der Waals surface area (Å²) in [5.41, 5.74) is 1.36. The Labute approximate surface area is 171 Å². The molecule has 0 saturated heterocycles. The van der Waals surface area contributed by atoms with Crippen molar-refractivity contribution in [2.75, 3.05) is 27.4 Å². The van der Waals surface area contributed by atoms with Crippen LogP contribution in [-0.2, 0) is 6.42 Å². The molecule has 0 spiro atoms. The van der Waals surface area contributed by atoms with Crippen molar-refractivity contribution in [2.45, 2.75) is 25.9 Å². The topological polar surface area (TPSA) is 66.0 Å². The number of carbonyl (C=O) groups excluding carboxylic acids is 1. The summed E-state index contributed by atoms with van der Waals surface area (Å²) in [6.07, 6.45) is 0.853. The van der Waals surface area contributed by atoms with E-state index in [-0.39, 0.29) is 24.7 Å². The summed E-state index contributed by atoms with van der Waals surface area (Å²) < 4.78 is 22.1. The van der Waals surface area contributed by atoms with Crippen LogP contribution in [0.3, 0.4) is 0 Å². The highest BCUT2D eigenvalue weighted by molar-refractivity contribution is 5.95. The molecule has 0 radical (unpaired) electrons. The Morgan fingerprint density at radius 3 is 2.55 bits per heavy atom. The summed E-state index contributed by atoms with van der Waals surface area (Å²) in [6, 6.07) is 10.9. The van der Waals surface area contributed by atoms with E-state index in [1.54, 1.807) is 18.2 Å². The Kier molecular flexibility index (Phi) is 6.18. The number of para-hydroxylation sites is 1. The number of rotatable bonds is 6. The number of hydrogen-bond acceptors (Lipinski definition) is 5. The number of nitrogens with one attached hydrogen (secondary N) is 1. The van der Waals surface area contributed by atoms with Crippen LogP contribution in [0.2, 0.25) is 0 Å². The highest BCUT2D eigenvalue weighted by Gasteiger charge is 2.32. The van der Waals surface area contributed by atoms with Crippen LogP contribution in [0.5, 0.6) is 23.0 Å². The molecule has 0 atom stereocenters. The molecule has 2 aromatic carbocycles. The van der Waals surface area contributed by atoms with E-state index in [4.69, 9.17) is 18.9 Å². The van der Waals surface area contributed by atoms with Gasteiger partial charge < -0.3 is 24.3 Å². The van der Waals surface area contributed by atoms with Gasteiger partial charge in [0.25, 0.3) is 5.91 Å². The van der Waals surface area contributed by atoms with Gasteiger partial charge in [0.15, 0.2) is 11.5 Å². The Morgan fingerprint density at radius 1 is 1.14 bits per heavy atom. The van der Waals surface area contributed by atoms with Gasteiger partial charge in [0.05, 0.1) is 20.8 Å². The summed E-state index contributed by atoms with van der Waals surface area (Å²) in [5.74, 6) is 8.12. The molecule has 1 aliphatic rings.